The summed E-state index contributed by atoms with van der Waals surface area (Å²) in [7, 11) is 0. The molecule has 0 aromatic carbocycles. The van der Waals surface area contributed by atoms with E-state index in [1.807, 2.05) is 0 Å². The molecule has 1 aromatic rings. The second-order valence-corrected chi connectivity index (χ2v) is 7.91. The first-order chi connectivity index (χ1) is 14.9. The van der Waals surface area contributed by atoms with Crippen LogP contribution in [0, 0.1) is 6.92 Å². The smallest absolute Gasteiger partial charge is 0.132 e. The molecule has 1 atom stereocenters. The molecule has 2 rings (SSSR count). The largest absolute Gasteiger partial charge is 0.492 e. The highest BCUT2D eigenvalue weighted by Gasteiger charge is 2.10. The summed E-state index contributed by atoms with van der Waals surface area (Å²) < 4.78 is 39.5. The summed E-state index contributed by atoms with van der Waals surface area (Å²) in [5.41, 5.74) is 1.22. The van der Waals surface area contributed by atoms with Gasteiger partial charge >= 0.3 is 0 Å². The summed E-state index contributed by atoms with van der Waals surface area (Å²) >= 11 is 1.69. The number of hydrogen-bond donors (Lipinski definition) is 0. The van der Waals surface area contributed by atoms with E-state index in [0.717, 1.165) is 44.6 Å². The SMILES string of the molecule is Cc1cscc1OCCCCCCOCC1COCCOCCOCCOCCO1. The molecule has 7 nitrogen and oxygen atoms in total. The molecule has 30 heavy (non-hydrogen) atoms. The normalized spacial score (nSPS) is 20.4. The molecule has 0 radical (unpaired) electrons. The zero-order valence-electron chi connectivity index (χ0n) is 18.3. The molecule has 0 amide bonds. The fraction of sp³-hybridized carbons (Fsp3) is 0.818. The molecule has 0 aliphatic carbocycles. The molecular weight excluding hydrogens is 408 g/mol. The lowest BCUT2D eigenvalue weighted by Gasteiger charge is -2.18. The van der Waals surface area contributed by atoms with Crippen molar-refractivity contribution in [2.45, 2.75) is 38.7 Å². The Balaban J connectivity index is 1.47. The summed E-state index contributed by atoms with van der Waals surface area (Å²) in [5, 5.41) is 4.18. The summed E-state index contributed by atoms with van der Waals surface area (Å²) in [6.45, 7) is 9.11. The van der Waals surface area contributed by atoms with Crippen molar-refractivity contribution >= 4 is 11.3 Å². The Kier molecular flexibility index (Phi) is 15.2. The van der Waals surface area contributed by atoms with Gasteiger partial charge in [0.1, 0.15) is 11.9 Å². The van der Waals surface area contributed by atoms with Crippen molar-refractivity contribution in [1.29, 1.82) is 0 Å². The molecule has 0 bridgehead atoms. The number of ether oxygens (including phenoxy) is 7. The highest BCUT2D eigenvalue weighted by molar-refractivity contribution is 7.08. The van der Waals surface area contributed by atoms with E-state index in [1.165, 1.54) is 5.56 Å². The lowest BCUT2D eigenvalue weighted by molar-refractivity contribution is -0.0778. The monoisotopic (exact) mass is 446 g/mol. The second-order valence-electron chi connectivity index (χ2n) is 7.16. The van der Waals surface area contributed by atoms with E-state index in [9.17, 15) is 0 Å². The molecule has 0 saturated carbocycles. The standard InChI is InChI=1S/C22H38O7S/c1-20-18-30-19-22(20)29-7-5-3-2-4-6-26-16-21-17-27-13-12-24-9-8-23-10-11-25-14-15-28-21/h18-19,21H,2-17H2,1H3. The molecule has 8 heteroatoms. The van der Waals surface area contributed by atoms with Crippen LogP contribution >= 0.6 is 11.3 Å². The van der Waals surface area contributed by atoms with Crippen LogP contribution in [0.1, 0.15) is 31.2 Å². The average molecular weight is 447 g/mol. The van der Waals surface area contributed by atoms with E-state index >= 15 is 0 Å². The Bertz CT molecular complexity index is 495. The van der Waals surface area contributed by atoms with Crippen LogP contribution in [0.2, 0.25) is 0 Å². The third-order valence-corrected chi connectivity index (χ3v) is 5.39. The van der Waals surface area contributed by atoms with Crippen LogP contribution in [0.5, 0.6) is 5.75 Å². The number of unbranched alkanes of at least 4 members (excludes halogenated alkanes) is 3. The van der Waals surface area contributed by atoms with Crippen molar-refractivity contribution in [2.75, 3.05) is 79.3 Å². The topological polar surface area (TPSA) is 64.6 Å². The van der Waals surface area contributed by atoms with E-state index in [0.29, 0.717) is 66.1 Å². The van der Waals surface area contributed by atoms with Gasteiger partial charge in [0.05, 0.1) is 72.7 Å². The van der Waals surface area contributed by atoms with Gasteiger partial charge in [0.15, 0.2) is 0 Å². The molecule has 1 aromatic heterocycles. The molecular formula is C22H38O7S. The van der Waals surface area contributed by atoms with Gasteiger partial charge in [0, 0.05) is 17.6 Å². The molecule has 2 heterocycles. The molecule has 1 saturated heterocycles. The third kappa shape index (κ3) is 12.8. The lowest BCUT2D eigenvalue weighted by Crippen LogP contribution is -2.28. The Morgan fingerprint density at radius 3 is 2.10 bits per heavy atom. The van der Waals surface area contributed by atoms with Gasteiger partial charge in [0.2, 0.25) is 0 Å². The van der Waals surface area contributed by atoms with Gasteiger partial charge in [-0.05, 0) is 31.6 Å². The van der Waals surface area contributed by atoms with Crippen LogP contribution in [-0.4, -0.2) is 85.4 Å². The maximum atomic E-state index is 5.85. The van der Waals surface area contributed by atoms with Crippen LogP contribution in [0.4, 0.5) is 0 Å². The van der Waals surface area contributed by atoms with Crippen LogP contribution in [0.3, 0.4) is 0 Å². The summed E-state index contributed by atoms with van der Waals surface area (Å²) in [6.07, 6.45) is 4.32. The van der Waals surface area contributed by atoms with Crippen LogP contribution in [0.15, 0.2) is 10.8 Å². The number of rotatable bonds is 10. The zero-order valence-corrected chi connectivity index (χ0v) is 19.1. The van der Waals surface area contributed by atoms with E-state index in [-0.39, 0.29) is 6.10 Å². The number of aryl methyl sites for hydroxylation is 1. The highest BCUT2D eigenvalue weighted by Crippen LogP contribution is 2.22. The van der Waals surface area contributed by atoms with E-state index in [4.69, 9.17) is 33.2 Å². The number of hydrogen-bond acceptors (Lipinski definition) is 8. The molecule has 1 unspecified atom stereocenters. The van der Waals surface area contributed by atoms with Gasteiger partial charge < -0.3 is 33.2 Å². The minimum atomic E-state index is -0.0859. The van der Waals surface area contributed by atoms with E-state index in [2.05, 4.69) is 17.7 Å². The number of thiophene rings is 1. The van der Waals surface area contributed by atoms with Crippen molar-refractivity contribution in [3.05, 3.63) is 16.3 Å². The maximum absolute atomic E-state index is 5.85. The predicted molar refractivity (Wildman–Crippen MR) is 117 cm³/mol. The van der Waals surface area contributed by atoms with Gasteiger partial charge in [-0.3, -0.25) is 0 Å². The minimum Gasteiger partial charge on any atom is -0.492 e. The maximum Gasteiger partial charge on any atom is 0.132 e. The summed E-state index contributed by atoms with van der Waals surface area (Å²) in [4.78, 5) is 0. The Labute approximate surface area is 184 Å². The summed E-state index contributed by atoms with van der Waals surface area (Å²) in [6, 6.07) is 0. The molecule has 1 aliphatic rings. The predicted octanol–water partition coefficient (Wildman–Crippen LogP) is 3.48. The fourth-order valence-electron chi connectivity index (χ4n) is 2.85. The molecule has 0 N–H and O–H groups in total. The van der Waals surface area contributed by atoms with Crippen molar-refractivity contribution in [1.82, 2.24) is 0 Å². The minimum absolute atomic E-state index is 0.0859. The van der Waals surface area contributed by atoms with Crippen molar-refractivity contribution in [3.63, 3.8) is 0 Å². The average Bonchev–Trinajstić information content (AvgIpc) is 3.15. The van der Waals surface area contributed by atoms with Gasteiger partial charge in [-0.15, -0.1) is 11.3 Å². The third-order valence-electron chi connectivity index (χ3n) is 4.55. The second kappa shape index (κ2) is 17.9. The van der Waals surface area contributed by atoms with Crippen LogP contribution in [0.25, 0.3) is 0 Å². The molecule has 0 spiro atoms. The fourth-order valence-corrected chi connectivity index (χ4v) is 3.61. The summed E-state index contributed by atoms with van der Waals surface area (Å²) in [5.74, 6) is 1.02. The first-order valence-electron chi connectivity index (χ1n) is 11.0. The van der Waals surface area contributed by atoms with E-state index in [1.54, 1.807) is 11.3 Å². The van der Waals surface area contributed by atoms with Gasteiger partial charge in [-0.1, -0.05) is 6.42 Å². The van der Waals surface area contributed by atoms with Gasteiger partial charge in [-0.2, -0.15) is 0 Å². The highest BCUT2D eigenvalue weighted by atomic mass is 32.1. The quantitative estimate of drug-likeness (QED) is 0.510. The Morgan fingerprint density at radius 2 is 1.43 bits per heavy atom. The molecule has 174 valence electrons. The Hall–Kier alpha value is -0.740. The van der Waals surface area contributed by atoms with Gasteiger partial charge in [-0.25, -0.2) is 0 Å². The van der Waals surface area contributed by atoms with Crippen molar-refractivity contribution in [3.8, 4) is 5.75 Å². The molecule has 1 aliphatic heterocycles. The first-order valence-corrected chi connectivity index (χ1v) is 12.0. The lowest BCUT2D eigenvalue weighted by atomic mass is 10.2. The van der Waals surface area contributed by atoms with E-state index < -0.39 is 0 Å². The van der Waals surface area contributed by atoms with Crippen molar-refractivity contribution < 1.29 is 33.2 Å². The molecule has 1 fully saturated rings. The zero-order chi connectivity index (χ0) is 21.1. The van der Waals surface area contributed by atoms with Crippen molar-refractivity contribution in [2.24, 2.45) is 0 Å². The van der Waals surface area contributed by atoms with Crippen LogP contribution < -0.4 is 4.74 Å². The van der Waals surface area contributed by atoms with Crippen LogP contribution in [-0.2, 0) is 28.4 Å². The van der Waals surface area contributed by atoms with Gasteiger partial charge in [0.25, 0.3) is 0 Å². The first kappa shape index (κ1) is 25.5. The Morgan fingerprint density at radius 1 is 0.800 bits per heavy atom.